The molecule has 21 heavy (non-hydrogen) atoms. The largest absolute Gasteiger partial charge is 0.463 e. The van der Waals surface area contributed by atoms with E-state index < -0.39 is 5.97 Å². The molecular formula is C18H16O3. The Morgan fingerprint density at radius 3 is 2.14 bits per heavy atom. The van der Waals surface area contributed by atoms with Crippen LogP contribution in [0.25, 0.3) is 11.1 Å². The molecule has 0 aliphatic heterocycles. The third-order valence-electron chi connectivity index (χ3n) is 2.93. The lowest BCUT2D eigenvalue weighted by Gasteiger charge is -2.02. The van der Waals surface area contributed by atoms with Crippen molar-refractivity contribution in [1.82, 2.24) is 0 Å². The van der Waals surface area contributed by atoms with Gasteiger partial charge >= 0.3 is 5.97 Å². The van der Waals surface area contributed by atoms with Crippen LogP contribution in [0.4, 0.5) is 0 Å². The van der Waals surface area contributed by atoms with Crippen molar-refractivity contribution in [2.45, 2.75) is 6.92 Å². The molecule has 0 saturated heterocycles. The summed E-state index contributed by atoms with van der Waals surface area (Å²) in [7, 11) is 0. The van der Waals surface area contributed by atoms with Crippen LogP contribution in [0.3, 0.4) is 0 Å². The number of allylic oxidation sites excluding steroid dienone is 1. The number of esters is 1. The number of ether oxygens (including phenoxy) is 1. The van der Waals surface area contributed by atoms with E-state index in [9.17, 15) is 9.59 Å². The number of hydrogen-bond acceptors (Lipinski definition) is 3. The highest BCUT2D eigenvalue weighted by Crippen LogP contribution is 2.19. The first-order valence-electron chi connectivity index (χ1n) is 6.75. The molecular weight excluding hydrogens is 264 g/mol. The molecule has 0 saturated carbocycles. The molecule has 106 valence electrons. The van der Waals surface area contributed by atoms with Crippen molar-refractivity contribution in [1.29, 1.82) is 0 Å². The van der Waals surface area contributed by atoms with Crippen LogP contribution in [0.15, 0.2) is 66.7 Å². The van der Waals surface area contributed by atoms with Gasteiger partial charge in [-0.1, -0.05) is 54.6 Å². The molecule has 2 aromatic rings. The predicted molar refractivity (Wildman–Crippen MR) is 82.0 cm³/mol. The van der Waals surface area contributed by atoms with Crippen molar-refractivity contribution in [3.8, 4) is 11.1 Å². The second kappa shape index (κ2) is 7.20. The minimum atomic E-state index is -0.508. The molecule has 0 aliphatic carbocycles. The van der Waals surface area contributed by atoms with Crippen molar-refractivity contribution in [3.05, 3.63) is 72.3 Å². The SMILES string of the molecule is CCOC(=O)/C=C/C(=O)c1ccc(-c2ccccc2)cc1. The maximum absolute atomic E-state index is 11.9. The Hall–Kier alpha value is -2.68. The fourth-order valence-corrected chi connectivity index (χ4v) is 1.89. The van der Waals surface area contributed by atoms with Crippen LogP contribution in [-0.4, -0.2) is 18.4 Å². The van der Waals surface area contributed by atoms with Crippen LogP contribution >= 0.6 is 0 Å². The standard InChI is InChI=1S/C18H16O3/c1-2-21-18(20)13-12-17(19)16-10-8-15(9-11-16)14-6-4-3-5-7-14/h3-13H,2H2,1H3/b13-12+. The fourth-order valence-electron chi connectivity index (χ4n) is 1.89. The van der Waals surface area contributed by atoms with Crippen LogP contribution in [0.5, 0.6) is 0 Å². The highest BCUT2D eigenvalue weighted by Gasteiger charge is 2.04. The second-order valence-electron chi connectivity index (χ2n) is 4.39. The summed E-state index contributed by atoms with van der Waals surface area (Å²) in [5, 5.41) is 0. The molecule has 0 atom stereocenters. The second-order valence-corrected chi connectivity index (χ2v) is 4.39. The normalized spacial score (nSPS) is 10.5. The van der Waals surface area contributed by atoms with Crippen molar-refractivity contribution in [3.63, 3.8) is 0 Å². The molecule has 2 rings (SSSR count). The van der Waals surface area contributed by atoms with Crippen LogP contribution < -0.4 is 0 Å². The Bertz CT molecular complexity index is 640. The fraction of sp³-hybridized carbons (Fsp3) is 0.111. The van der Waals surface area contributed by atoms with E-state index in [4.69, 9.17) is 4.74 Å². The van der Waals surface area contributed by atoms with Crippen LogP contribution in [0, 0.1) is 0 Å². The number of carbonyl (C=O) groups is 2. The molecule has 3 nitrogen and oxygen atoms in total. The average Bonchev–Trinajstić information content (AvgIpc) is 2.54. The summed E-state index contributed by atoms with van der Waals surface area (Å²) >= 11 is 0. The molecule has 3 heteroatoms. The Morgan fingerprint density at radius 2 is 1.52 bits per heavy atom. The van der Waals surface area contributed by atoms with Gasteiger partial charge in [-0.3, -0.25) is 4.79 Å². The van der Waals surface area contributed by atoms with Gasteiger partial charge in [-0.25, -0.2) is 4.79 Å². The van der Waals surface area contributed by atoms with E-state index in [2.05, 4.69) is 0 Å². The smallest absolute Gasteiger partial charge is 0.330 e. The molecule has 0 heterocycles. The predicted octanol–water partition coefficient (Wildman–Crippen LogP) is 3.66. The molecule has 0 bridgehead atoms. The summed E-state index contributed by atoms with van der Waals surface area (Å²) in [6.07, 6.45) is 2.38. The van der Waals surface area contributed by atoms with E-state index >= 15 is 0 Å². The minimum absolute atomic E-state index is 0.220. The minimum Gasteiger partial charge on any atom is -0.463 e. The van der Waals surface area contributed by atoms with Crippen molar-refractivity contribution in [2.75, 3.05) is 6.61 Å². The highest BCUT2D eigenvalue weighted by molar-refractivity contribution is 6.07. The molecule has 0 amide bonds. The monoisotopic (exact) mass is 280 g/mol. The third kappa shape index (κ3) is 4.14. The first kappa shape index (κ1) is 14.7. The zero-order valence-corrected chi connectivity index (χ0v) is 11.8. The molecule has 0 radical (unpaired) electrons. The third-order valence-corrected chi connectivity index (χ3v) is 2.93. The van der Waals surface area contributed by atoms with Gasteiger partial charge in [0, 0.05) is 11.6 Å². The van der Waals surface area contributed by atoms with Gasteiger partial charge in [-0.05, 0) is 24.1 Å². The number of benzene rings is 2. The van der Waals surface area contributed by atoms with Crippen LogP contribution in [0.1, 0.15) is 17.3 Å². The first-order valence-corrected chi connectivity index (χ1v) is 6.75. The molecule has 0 aliphatic rings. The summed E-state index contributed by atoms with van der Waals surface area (Å²) in [5.74, 6) is -0.727. The van der Waals surface area contributed by atoms with Gasteiger partial charge in [0.15, 0.2) is 5.78 Å². The maximum atomic E-state index is 11.9. The van der Waals surface area contributed by atoms with E-state index in [1.54, 1.807) is 19.1 Å². The van der Waals surface area contributed by atoms with E-state index in [0.717, 1.165) is 17.2 Å². The maximum Gasteiger partial charge on any atom is 0.330 e. The van der Waals surface area contributed by atoms with Gasteiger partial charge in [-0.2, -0.15) is 0 Å². The quantitative estimate of drug-likeness (QED) is 0.477. The van der Waals surface area contributed by atoms with Gasteiger partial charge in [0.2, 0.25) is 0 Å². The summed E-state index contributed by atoms with van der Waals surface area (Å²) in [6.45, 7) is 2.01. The lowest BCUT2D eigenvalue weighted by Crippen LogP contribution is -2.01. The van der Waals surface area contributed by atoms with Crippen LogP contribution in [-0.2, 0) is 9.53 Å². The Morgan fingerprint density at radius 1 is 0.905 bits per heavy atom. The Kier molecular flexibility index (Phi) is 5.04. The van der Waals surface area contributed by atoms with E-state index in [1.165, 1.54) is 6.08 Å². The zero-order chi connectivity index (χ0) is 15.1. The van der Waals surface area contributed by atoms with Gasteiger partial charge in [0.25, 0.3) is 0 Å². The summed E-state index contributed by atoms with van der Waals surface area (Å²) in [4.78, 5) is 23.1. The summed E-state index contributed by atoms with van der Waals surface area (Å²) in [6, 6.07) is 17.2. The van der Waals surface area contributed by atoms with Gasteiger partial charge in [-0.15, -0.1) is 0 Å². The molecule has 0 unspecified atom stereocenters. The molecule has 0 N–H and O–H groups in total. The van der Waals surface area contributed by atoms with Gasteiger partial charge in [0.1, 0.15) is 0 Å². The number of carbonyl (C=O) groups excluding carboxylic acids is 2. The number of rotatable bonds is 5. The molecule has 0 fully saturated rings. The van der Waals surface area contributed by atoms with Gasteiger partial charge in [0.05, 0.1) is 6.61 Å². The molecule has 0 aromatic heterocycles. The Labute approximate surface area is 123 Å². The summed E-state index contributed by atoms with van der Waals surface area (Å²) < 4.78 is 4.73. The van der Waals surface area contributed by atoms with Gasteiger partial charge < -0.3 is 4.74 Å². The zero-order valence-electron chi connectivity index (χ0n) is 11.8. The topological polar surface area (TPSA) is 43.4 Å². The van der Waals surface area contributed by atoms with Crippen molar-refractivity contribution < 1.29 is 14.3 Å². The van der Waals surface area contributed by atoms with Crippen molar-refractivity contribution >= 4 is 11.8 Å². The molecule has 2 aromatic carbocycles. The summed E-state index contributed by atoms with van der Waals surface area (Å²) in [5.41, 5.74) is 2.68. The molecule has 0 spiro atoms. The Balaban J connectivity index is 2.09. The lowest BCUT2D eigenvalue weighted by molar-refractivity contribution is -0.137. The number of hydrogen-bond donors (Lipinski definition) is 0. The first-order chi connectivity index (χ1) is 10.2. The van der Waals surface area contributed by atoms with Crippen molar-refractivity contribution in [2.24, 2.45) is 0 Å². The highest BCUT2D eigenvalue weighted by atomic mass is 16.5. The van der Waals surface area contributed by atoms with Crippen LogP contribution in [0.2, 0.25) is 0 Å². The van der Waals surface area contributed by atoms with E-state index in [0.29, 0.717) is 12.2 Å². The average molecular weight is 280 g/mol. The van der Waals surface area contributed by atoms with E-state index in [1.807, 2.05) is 42.5 Å². The van der Waals surface area contributed by atoms with E-state index in [-0.39, 0.29) is 5.78 Å². The lowest BCUT2D eigenvalue weighted by atomic mass is 10.0. The number of ketones is 1.